The molecule has 0 N–H and O–H groups in total. The highest BCUT2D eigenvalue weighted by molar-refractivity contribution is 5.86. The van der Waals surface area contributed by atoms with E-state index in [1.54, 1.807) is 16.8 Å². The number of likely N-dealkylation sites (N-methyl/N-ethyl adjacent to an activating group) is 1. The van der Waals surface area contributed by atoms with Crippen molar-refractivity contribution in [3.63, 3.8) is 0 Å². The largest absolute Gasteiger partial charge is 0.312 e. The molecule has 1 unspecified atom stereocenters. The molecular formula is C17H21N3O. The Labute approximate surface area is 125 Å². The zero-order chi connectivity index (χ0) is 15.4. The molecule has 21 heavy (non-hydrogen) atoms. The molecule has 1 aromatic carbocycles. The summed E-state index contributed by atoms with van der Waals surface area (Å²) in [4.78, 5) is 14.9. The fraction of sp³-hybridized carbons (Fsp3) is 0.412. The molecule has 0 aliphatic carbocycles. The van der Waals surface area contributed by atoms with E-state index in [2.05, 4.69) is 31.7 Å². The highest BCUT2D eigenvalue weighted by Gasteiger charge is 2.14. The third kappa shape index (κ3) is 2.98. The molecule has 0 radical (unpaired) electrons. The summed E-state index contributed by atoms with van der Waals surface area (Å²) in [6.45, 7) is 8.84. The molecule has 1 atom stereocenters. The summed E-state index contributed by atoms with van der Waals surface area (Å²) in [7, 11) is 0. The first-order chi connectivity index (χ1) is 10.1. The highest BCUT2D eigenvalue weighted by Crippen LogP contribution is 2.15. The van der Waals surface area contributed by atoms with Crippen LogP contribution in [0.3, 0.4) is 0 Å². The van der Waals surface area contributed by atoms with Crippen molar-refractivity contribution < 1.29 is 0 Å². The minimum atomic E-state index is -0.0244. The first-order valence-electron chi connectivity index (χ1n) is 7.38. The quantitative estimate of drug-likeness (QED) is 0.847. The maximum atomic E-state index is 12.6. The second-order valence-corrected chi connectivity index (χ2v) is 5.23. The molecule has 0 aliphatic rings. The van der Waals surface area contributed by atoms with Crippen molar-refractivity contribution in [2.24, 2.45) is 0 Å². The highest BCUT2D eigenvalue weighted by atomic mass is 16.1. The van der Waals surface area contributed by atoms with Crippen LogP contribution in [0.4, 0.5) is 0 Å². The standard InChI is InChI=1S/C17H21N3O/c1-4-19(5-2)13(3)11-20-12-14(10-18)15-8-6-7-9-16(15)17(20)21/h6-9,12-13H,4-5,11H2,1-3H3. The van der Waals surface area contributed by atoms with Gasteiger partial charge in [0.15, 0.2) is 0 Å². The van der Waals surface area contributed by atoms with E-state index in [1.165, 1.54) is 0 Å². The van der Waals surface area contributed by atoms with Gasteiger partial charge in [0.1, 0.15) is 6.07 Å². The average Bonchev–Trinajstić information content (AvgIpc) is 2.51. The van der Waals surface area contributed by atoms with Crippen LogP contribution in [0, 0.1) is 11.3 Å². The van der Waals surface area contributed by atoms with E-state index < -0.39 is 0 Å². The zero-order valence-electron chi connectivity index (χ0n) is 12.8. The predicted molar refractivity (Wildman–Crippen MR) is 85.3 cm³/mol. The van der Waals surface area contributed by atoms with Gasteiger partial charge in [0.05, 0.1) is 5.56 Å². The lowest BCUT2D eigenvalue weighted by molar-refractivity contribution is 0.210. The second kappa shape index (κ2) is 6.55. The van der Waals surface area contributed by atoms with Crippen LogP contribution in [0.5, 0.6) is 0 Å². The summed E-state index contributed by atoms with van der Waals surface area (Å²) < 4.78 is 1.67. The number of rotatable bonds is 5. The molecule has 0 aliphatic heterocycles. The minimum absolute atomic E-state index is 0.0244. The first-order valence-corrected chi connectivity index (χ1v) is 7.38. The topological polar surface area (TPSA) is 49.0 Å². The van der Waals surface area contributed by atoms with Gasteiger partial charge < -0.3 is 4.57 Å². The van der Waals surface area contributed by atoms with Gasteiger partial charge in [-0.05, 0) is 26.1 Å². The van der Waals surface area contributed by atoms with Crippen LogP contribution < -0.4 is 5.56 Å². The molecule has 0 saturated carbocycles. The molecule has 4 heteroatoms. The monoisotopic (exact) mass is 283 g/mol. The summed E-state index contributed by atoms with van der Waals surface area (Å²) >= 11 is 0. The first kappa shape index (κ1) is 15.3. The van der Waals surface area contributed by atoms with Crippen LogP contribution in [0.1, 0.15) is 26.3 Å². The molecule has 0 spiro atoms. The van der Waals surface area contributed by atoms with Crippen molar-refractivity contribution in [1.29, 1.82) is 5.26 Å². The smallest absolute Gasteiger partial charge is 0.258 e. The van der Waals surface area contributed by atoms with Crippen molar-refractivity contribution in [2.45, 2.75) is 33.4 Å². The molecule has 2 rings (SSSR count). The van der Waals surface area contributed by atoms with Gasteiger partial charge in [-0.3, -0.25) is 9.69 Å². The van der Waals surface area contributed by atoms with Gasteiger partial charge in [-0.25, -0.2) is 0 Å². The number of aromatic nitrogens is 1. The van der Waals surface area contributed by atoms with E-state index in [0.717, 1.165) is 18.5 Å². The van der Waals surface area contributed by atoms with Crippen molar-refractivity contribution in [3.05, 3.63) is 46.4 Å². The molecule has 1 heterocycles. The molecule has 4 nitrogen and oxygen atoms in total. The maximum absolute atomic E-state index is 12.6. The number of hydrogen-bond acceptors (Lipinski definition) is 3. The van der Waals surface area contributed by atoms with Crippen molar-refractivity contribution >= 4 is 10.8 Å². The third-order valence-electron chi connectivity index (χ3n) is 4.01. The van der Waals surface area contributed by atoms with Gasteiger partial charge in [-0.2, -0.15) is 5.26 Å². The van der Waals surface area contributed by atoms with Crippen molar-refractivity contribution in [1.82, 2.24) is 9.47 Å². The van der Waals surface area contributed by atoms with E-state index in [9.17, 15) is 10.1 Å². The number of fused-ring (bicyclic) bond motifs is 1. The molecule has 110 valence electrons. The van der Waals surface area contributed by atoms with Gasteiger partial charge in [-0.1, -0.05) is 32.0 Å². The second-order valence-electron chi connectivity index (χ2n) is 5.23. The Morgan fingerprint density at radius 1 is 1.24 bits per heavy atom. The summed E-state index contributed by atoms with van der Waals surface area (Å²) in [5.41, 5.74) is 0.528. The average molecular weight is 283 g/mol. The molecule has 2 aromatic rings. The van der Waals surface area contributed by atoms with E-state index in [4.69, 9.17) is 0 Å². The molecule has 0 amide bonds. The molecule has 1 aromatic heterocycles. The number of pyridine rings is 1. The predicted octanol–water partition coefficient (Wildman–Crippen LogP) is 2.60. The van der Waals surface area contributed by atoms with Crippen LogP contribution in [0.15, 0.2) is 35.3 Å². The van der Waals surface area contributed by atoms with Crippen molar-refractivity contribution in [2.75, 3.05) is 13.1 Å². The Hall–Kier alpha value is -2.12. The Morgan fingerprint density at radius 3 is 2.43 bits per heavy atom. The van der Waals surface area contributed by atoms with Gasteiger partial charge in [0.25, 0.3) is 5.56 Å². The van der Waals surface area contributed by atoms with Crippen LogP contribution in [-0.4, -0.2) is 28.6 Å². The summed E-state index contributed by atoms with van der Waals surface area (Å²) in [5.74, 6) is 0. The van der Waals surface area contributed by atoms with Crippen molar-refractivity contribution in [3.8, 4) is 6.07 Å². The number of nitrogens with zero attached hydrogens (tertiary/aromatic N) is 3. The SMILES string of the molecule is CCN(CC)C(C)Cn1cc(C#N)c2ccccc2c1=O. The molecular weight excluding hydrogens is 262 g/mol. The lowest BCUT2D eigenvalue weighted by Gasteiger charge is -2.27. The van der Waals surface area contributed by atoms with E-state index in [0.29, 0.717) is 17.5 Å². The molecule has 0 bridgehead atoms. The third-order valence-corrected chi connectivity index (χ3v) is 4.01. The Kier molecular flexibility index (Phi) is 4.77. The summed E-state index contributed by atoms with van der Waals surface area (Å²) in [5, 5.41) is 10.7. The maximum Gasteiger partial charge on any atom is 0.258 e. The Bertz CT molecular complexity index is 723. The fourth-order valence-corrected chi connectivity index (χ4v) is 2.81. The molecule has 0 saturated heterocycles. The minimum Gasteiger partial charge on any atom is -0.312 e. The zero-order valence-corrected chi connectivity index (χ0v) is 12.8. The fourth-order valence-electron chi connectivity index (χ4n) is 2.81. The van der Waals surface area contributed by atoms with Gasteiger partial charge in [0, 0.05) is 29.6 Å². The summed E-state index contributed by atoms with van der Waals surface area (Å²) in [6.07, 6.45) is 1.69. The van der Waals surface area contributed by atoms with Gasteiger partial charge in [0.2, 0.25) is 0 Å². The van der Waals surface area contributed by atoms with Crippen LogP contribution in [0.25, 0.3) is 10.8 Å². The molecule has 0 fully saturated rings. The number of hydrogen-bond donors (Lipinski definition) is 0. The van der Waals surface area contributed by atoms with Gasteiger partial charge >= 0.3 is 0 Å². The Balaban J connectivity index is 2.48. The number of nitriles is 1. The lowest BCUT2D eigenvalue weighted by atomic mass is 10.1. The van der Waals surface area contributed by atoms with Crippen LogP contribution in [-0.2, 0) is 6.54 Å². The number of benzene rings is 1. The van der Waals surface area contributed by atoms with Gasteiger partial charge in [-0.15, -0.1) is 0 Å². The van der Waals surface area contributed by atoms with Crippen LogP contribution >= 0.6 is 0 Å². The van der Waals surface area contributed by atoms with E-state index in [1.807, 2.05) is 18.2 Å². The van der Waals surface area contributed by atoms with E-state index in [-0.39, 0.29) is 11.6 Å². The normalized spacial score (nSPS) is 12.5. The van der Waals surface area contributed by atoms with E-state index >= 15 is 0 Å². The lowest BCUT2D eigenvalue weighted by Crippen LogP contribution is -2.38. The van der Waals surface area contributed by atoms with Crippen LogP contribution in [0.2, 0.25) is 0 Å². The summed E-state index contributed by atoms with van der Waals surface area (Å²) in [6, 6.07) is 9.75. The Morgan fingerprint density at radius 2 is 1.86 bits per heavy atom.